The number of amides is 2. The maximum absolute atomic E-state index is 11.6. The highest BCUT2D eigenvalue weighted by atomic mass is 16.5. The summed E-state index contributed by atoms with van der Waals surface area (Å²) in [5.74, 6) is -2.02. The molecule has 1 aromatic rings. The molecule has 124 valence electrons. The SMILES string of the molecule is Cc1ccc(C(C)C)c(OCC(=O)NNC(=O)/C=C/C(=O)[O-])c1. The predicted octanol–water partition coefficient (Wildman–Crippen LogP) is -0.0493. The molecule has 0 heterocycles. The molecule has 0 fully saturated rings. The Balaban J connectivity index is 2.52. The normalized spacial score (nSPS) is 10.6. The average molecular weight is 319 g/mol. The van der Waals surface area contributed by atoms with Gasteiger partial charge in [-0.15, -0.1) is 0 Å². The predicted molar refractivity (Wildman–Crippen MR) is 81.2 cm³/mol. The summed E-state index contributed by atoms with van der Waals surface area (Å²) in [5.41, 5.74) is 6.12. The minimum absolute atomic E-state index is 0.239. The van der Waals surface area contributed by atoms with Crippen LogP contribution in [-0.4, -0.2) is 24.4 Å². The van der Waals surface area contributed by atoms with Crippen LogP contribution in [0.15, 0.2) is 30.4 Å². The van der Waals surface area contributed by atoms with Crippen molar-refractivity contribution >= 4 is 17.8 Å². The standard InChI is InChI=1S/C16H20N2O5/c1-10(2)12-5-4-11(3)8-13(12)23-9-15(20)18-17-14(19)6-7-16(21)22/h4-8,10H,9H2,1-3H3,(H,17,19)(H,18,20)(H,21,22)/p-1/b7-6+. The molecule has 2 amide bonds. The zero-order valence-electron chi connectivity index (χ0n) is 13.2. The van der Waals surface area contributed by atoms with Crippen LogP contribution in [0.3, 0.4) is 0 Å². The molecule has 0 atom stereocenters. The van der Waals surface area contributed by atoms with Gasteiger partial charge in [0.15, 0.2) is 6.61 Å². The minimum Gasteiger partial charge on any atom is -0.545 e. The second kappa shape index (κ2) is 8.57. The van der Waals surface area contributed by atoms with Gasteiger partial charge >= 0.3 is 0 Å². The number of aryl methyl sites for hydroxylation is 1. The summed E-state index contributed by atoms with van der Waals surface area (Å²) in [4.78, 5) is 32.9. The molecule has 0 saturated heterocycles. The van der Waals surface area contributed by atoms with Crippen molar-refractivity contribution in [3.63, 3.8) is 0 Å². The topological polar surface area (TPSA) is 108 Å². The first-order chi connectivity index (χ1) is 10.8. The first kappa shape index (κ1) is 18.2. The van der Waals surface area contributed by atoms with E-state index < -0.39 is 17.8 Å². The summed E-state index contributed by atoms with van der Waals surface area (Å²) in [6.45, 7) is 5.66. The van der Waals surface area contributed by atoms with E-state index in [0.29, 0.717) is 11.8 Å². The van der Waals surface area contributed by atoms with Crippen molar-refractivity contribution in [1.29, 1.82) is 0 Å². The van der Waals surface area contributed by atoms with Gasteiger partial charge in [0.2, 0.25) is 0 Å². The highest BCUT2D eigenvalue weighted by Gasteiger charge is 2.10. The lowest BCUT2D eigenvalue weighted by molar-refractivity contribution is -0.297. The van der Waals surface area contributed by atoms with Crippen molar-refractivity contribution in [2.24, 2.45) is 0 Å². The zero-order chi connectivity index (χ0) is 17.4. The van der Waals surface area contributed by atoms with Crippen LogP contribution < -0.4 is 20.7 Å². The van der Waals surface area contributed by atoms with Gasteiger partial charge in [-0.2, -0.15) is 0 Å². The number of ether oxygens (including phenoxy) is 1. The quantitative estimate of drug-likeness (QED) is 0.565. The lowest BCUT2D eigenvalue weighted by atomic mass is 10.0. The second-order valence-corrected chi connectivity index (χ2v) is 5.17. The summed E-state index contributed by atoms with van der Waals surface area (Å²) >= 11 is 0. The third-order valence-electron chi connectivity index (χ3n) is 2.85. The zero-order valence-corrected chi connectivity index (χ0v) is 13.2. The van der Waals surface area contributed by atoms with Crippen LogP contribution in [0.4, 0.5) is 0 Å². The maximum Gasteiger partial charge on any atom is 0.276 e. The van der Waals surface area contributed by atoms with Crippen molar-refractivity contribution in [2.45, 2.75) is 26.7 Å². The van der Waals surface area contributed by atoms with Crippen LogP contribution >= 0.6 is 0 Å². The van der Waals surface area contributed by atoms with E-state index in [-0.39, 0.29) is 12.5 Å². The number of carbonyl (C=O) groups is 3. The van der Waals surface area contributed by atoms with E-state index in [0.717, 1.165) is 17.2 Å². The Morgan fingerprint density at radius 3 is 2.52 bits per heavy atom. The highest BCUT2D eigenvalue weighted by molar-refractivity contribution is 5.94. The van der Waals surface area contributed by atoms with Gasteiger partial charge in [0.05, 0.1) is 5.97 Å². The highest BCUT2D eigenvalue weighted by Crippen LogP contribution is 2.27. The molecule has 2 N–H and O–H groups in total. The molecule has 0 saturated carbocycles. The van der Waals surface area contributed by atoms with Crippen LogP contribution in [0, 0.1) is 6.92 Å². The average Bonchev–Trinajstić information content (AvgIpc) is 2.48. The summed E-state index contributed by atoms with van der Waals surface area (Å²) < 4.78 is 5.49. The van der Waals surface area contributed by atoms with E-state index in [2.05, 4.69) is 5.43 Å². The van der Waals surface area contributed by atoms with E-state index in [4.69, 9.17) is 4.74 Å². The van der Waals surface area contributed by atoms with Gasteiger partial charge in [-0.05, 0) is 36.1 Å². The van der Waals surface area contributed by atoms with E-state index in [1.54, 1.807) is 0 Å². The number of hydrogen-bond donors (Lipinski definition) is 2. The molecule has 0 aromatic heterocycles. The maximum atomic E-state index is 11.6. The fourth-order valence-corrected chi connectivity index (χ4v) is 1.74. The largest absolute Gasteiger partial charge is 0.545 e. The Kier molecular flexibility index (Phi) is 6.79. The monoisotopic (exact) mass is 319 g/mol. The summed E-state index contributed by atoms with van der Waals surface area (Å²) in [6.07, 6.45) is 1.29. The molecule has 1 rings (SSSR count). The van der Waals surface area contributed by atoms with Crippen molar-refractivity contribution in [3.8, 4) is 5.75 Å². The van der Waals surface area contributed by atoms with Gasteiger partial charge in [-0.3, -0.25) is 20.4 Å². The second-order valence-electron chi connectivity index (χ2n) is 5.17. The molecule has 0 bridgehead atoms. The molecule has 0 unspecified atom stereocenters. The molecule has 0 radical (unpaired) electrons. The number of rotatable bonds is 6. The van der Waals surface area contributed by atoms with E-state index in [1.807, 2.05) is 44.4 Å². The summed E-state index contributed by atoms with van der Waals surface area (Å²) in [6, 6.07) is 5.75. The van der Waals surface area contributed by atoms with Crippen LogP contribution in [0.25, 0.3) is 0 Å². The molecule has 0 aliphatic rings. The number of aliphatic carboxylic acids is 1. The molecule has 23 heavy (non-hydrogen) atoms. The number of benzene rings is 1. The van der Waals surface area contributed by atoms with E-state index >= 15 is 0 Å². The molecular weight excluding hydrogens is 300 g/mol. The van der Waals surface area contributed by atoms with Crippen molar-refractivity contribution in [3.05, 3.63) is 41.5 Å². The van der Waals surface area contributed by atoms with Crippen molar-refractivity contribution in [2.75, 3.05) is 6.61 Å². The fraction of sp³-hybridized carbons (Fsp3) is 0.312. The molecule has 1 aromatic carbocycles. The van der Waals surface area contributed by atoms with Crippen LogP contribution in [0.5, 0.6) is 5.75 Å². The Morgan fingerprint density at radius 1 is 1.22 bits per heavy atom. The van der Waals surface area contributed by atoms with E-state index in [9.17, 15) is 19.5 Å². The van der Waals surface area contributed by atoms with Gasteiger partial charge in [-0.25, -0.2) is 0 Å². The van der Waals surface area contributed by atoms with Gasteiger partial charge < -0.3 is 14.6 Å². The number of hydrogen-bond acceptors (Lipinski definition) is 5. The first-order valence-electron chi connectivity index (χ1n) is 7.00. The third-order valence-corrected chi connectivity index (χ3v) is 2.85. The number of nitrogens with one attached hydrogen (secondary N) is 2. The fourth-order valence-electron chi connectivity index (χ4n) is 1.74. The molecule has 0 spiro atoms. The first-order valence-corrected chi connectivity index (χ1v) is 7.00. The smallest absolute Gasteiger partial charge is 0.276 e. The molecule has 7 nitrogen and oxygen atoms in total. The Morgan fingerprint density at radius 2 is 1.91 bits per heavy atom. The van der Waals surface area contributed by atoms with Crippen LogP contribution in [-0.2, 0) is 14.4 Å². The van der Waals surface area contributed by atoms with Gasteiger partial charge in [0.1, 0.15) is 5.75 Å². The molecule has 0 aliphatic carbocycles. The van der Waals surface area contributed by atoms with Crippen molar-refractivity contribution in [1.82, 2.24) is 10.9 Å². The van der Waals surface area contributed by atoms with E-state index in [1.165, 1.54) is 0 Å². The third kappa shape index (κ3) is 6.64. The number of carbonyl (C=O) groups excluding carboxylic acids is 3. The number of carboxylic acid groups (broad SMARTS) is 1. The Bertz CT molecular complexity index is 623. The number of carboxylic acids is 1. The Labute approximate surface area is 134 Å². The molecule has 0 aliphatic heterocycles. The minimum atomic E-state index is -1.50. The molecular formula is C16H19N2O5-. The van der Waals surface area contributed by atoms with Crippen LogP contribution in [0.2, 0.25) is 0 Å². The van der Waals surface area contributed by atoms with Gasteiger partial charge in [0, 0.05) is 6.08 Å². The van der Waals surface area contributed by atoms with Crippen molar-refractivity contribution < 1.29 is 24.2 Å². The van der Waals surface area contributed by atoms with Crippen LogP contribution in [0.1, 0.15) is 30.9 Å². The Hall–Kier alpha value is -2.83. The number of hydrazine groups is 1. The molecule has 7 heteroatoms. The van der Waals surface area contributed by atoms with Gasteiger partial charge in [-0.1, -0.05) is 26.0 Å². The van der Waals surface area contributed by atoms with Gasteiger partial charge in [0.25, 0.3) is 11.8 Å². The lowest BCUT2D eigenvalue weighted by Gasteiger charge is -2.14. The summed E-state index contributed by atoms with van der Waals surface area (Å²) in [5, 5.41) is 10.1. The summed E-state index contributed by atoms with van der Waals surface area (Å²) in [7, 11) is 0. The lowest BCUT2D eigenvalue weighted by Crippen LogP contribution is -2.43.